The van der Waals surface area contributed by atoms with E-state index in [1.54, 1.807) is 0 Å². The number of hydrogen-bond acceptors (Lipinski definition) is 5. The van der Waals surface area contributed by atoms with Gasteiger partial charge < -0.3 is 9.84 Å². The Morgan fingerprint density at radius 1 is 1.06 bits per heavy atom. The highest BCUT2D eigenvalue weighted by Crippen LogP contribution is 2.33. The molecule has 0 atom stereocenters. The highest BCUT2D eigenvalue weighted by molar-refractivity contribution is 5.72. The van der Waals surface area contributed by atoms with Gasteiger partial charge in [0.15, 0.2) is 11.2 Å². The molecule has 0 fully saturated rings. The molecule has 12 heteroatoms. The van der Waals surface area contributed by atoms with E-state index in [-0.39, 0.29) is 49.0 Å². The fraction of sp³-hybridized carbons (Fsp3) is 0.261. The van der Waals surface area contributed by atoms with Crippen molar-refractivity contribution in [2.45, 2.75) is 25.7 Å². The van der Waals surface area contributed by atoms with Crippen LogP contribution in [0, 0.1) is 5.82 Å². The second-order valence-corrected chi connectivity index (χ2v) is 7.78. The van der Waals surface area contributed by atoms with E-state index in [0.29, 0.717) is 5.56 Å². The van der Waals surface area contributed by atoms with Gasteiger partial charge in [0.2, 0.25) is 0 Å². The van der Waals surface area contributed by atoms with Crippen molar-refractivity contribution in [3.05, 3.63) is 86.3 Å². The van der Waals surface area contributed by atoms with Crippen molar-refractivity contribution in [3.8, 4) is 11.8 Å². The van der Waals surface area contributed by atoms with E-state index >= 15 is 0 Å². The topological polar surface area (TPSA) is 91.3 Å². The number of aliphatic hydroxyl groups excluding tert-OH is 1. The Kier molecular flexibility index (Phi) is 6.48. The fourth-order valence-electron chi connectivity index (χ4n) is 3.62. The number of aryl methyl sites for hydroxylation is 1. The lowest BCUT2D eigenvalue weighted by atomic mass is 10.2. The molecule has 0 amide bonds. The van der Waals surface area contributed by atoms with Gasteiger partial charge in [-0.3, -0.25) is 18.5 Å². The van der Waals surface area contributed by atoms with Crippen LogP contribution in [0.4, 0.5) is 17.6 Å². The SMILES string of the molecule is Cn1c(=O)n(CCCO)c(=O)c2c1nc(Oc1cccc(C(F)(F)F)c1)n2Cc1ccc(F)cc1. The predicted molar refractivity (Wildman–Crippen MR) is 118 cm³/mol. The van der Waals surface area contributed by atoms with Crippen LogP contribution < -0.4 is 16.0 Å². The van der Waals surface area contributed by atoms with Gasteiger partial charge in [-0.2, -0.15) is 18.2 Å². The number of alkyl halides is 3. The number of imidazole rings is 1. The highest BCUT2D eigenvalue weighted by Gasteiger charge is 2.31. The van der Waals surface area contributed by atoms with Crippen molar-refractivity contribution in [3.63, 3.8) is 0 Å². The minimum Gasteiger partial charge on any atom is -0.425 e. The normalized spacial score (nSPS) is 11.8. The molecule has 2 heterocycles. The van der Waals surface area contributed by atoms with Crippen LogP contribution in [0.3, 0.4) is 0 Å². The van der Waals surface area contributed by atoms with Crippen molar-refractivity contribution in [1.29, 1.82) is 0 Å². The third-order valence-corrected chi connectivity index (χ3v) is 5.36. The zero-order valence-electron chi connectivity index (χ0n) is 18.4. The number of aliphatic hydroxyl groups is 1. The molecule has 4 aromatic rings. The van der Waals surface area contributed by atoms with Crippen LogP contribution >= 0.6 is 0 Å². The molecule has 8 nitrogen and oxygen atoms in total. The lowest BCUT2D eigenvalue weighted by Gasteiger charge is -2.12. The van der Waals surface area contributed by atoms with E-state index in [1.807, 2.05) is 0 Å². The summed E-state index contributed by atoms with van der Waals surface area (Å²) in [5, 5.41) is 9.14. The van der Waals surface area contributed by atoms with Crippen LogP contribution in [0.1, 0.15) is 17.5 Å². The standard InChI is InChI=1S/C23H20F4N4O4/c1-29-19-18(20(33)30(22(29)34)10-3-11-32)31(13-14-6-8-16(24)9-7-14)21(28-19)35-17-5-2-4-15(12-17)23(25,26)27/h2,4-9,12,32H,3,10-11,13H2,1H3. The van der Waals surface area contributed by atoms with Crippen molar-refractivity contribution >= 4 is 11.2 Å². The van der Waals surface area contributed by atoms with Gasteiger partial charge in [0.05, 0.1) is 12.1 Å². The van der Waals surface area contributed by atoms with Crippen LogP contribution in [-0.2, 0) is 26.3 Å². The maximum Gasteiger partial charge on any atom is 0.416 e. The lowest BCUT2D eigenvalue weighted by molar-refractivity contribution is -0.137. The van der Waals surface area contributed by atoms with Gasteiger partial charge in [-0.05, 0) is 42.3 Å². The molecule has 0 aliphatic heterocycles. The Bertz CT molecular complexity index is 1490. The summed E-state index contributed by atoms with van der Waals surface area (Å²) in [5.74, 6) is -0.653. The molecule has 0 unspecified atom stereocenters. The second kappa shape index (κ2) is 9.37. The van der Waals surface area contributed by atoms with Gasteiger partial charge in [-0.15, -0.1) is 0 Å². The van der Waals surface area contributed by atoms with E-state index in [9.17, 15) is 27.2 Å². The predicted octanol–water partition coefficient (Wildman–Crippen LogP) is 3.28. The van der Waals surface area contributed by atoms with Crippen LogP contribution in [0.5, 0.6) is 11.8 Å². The Morgan fingerprint density at radius 3 is 2.43 bits per heavy atom. The molecule has 0 aliphatic rings. The quantitative estimate of drug-likeness (QED) is 0.400. The van der Waals surface area contributed by atoms with Gasteiger partial charge in [-0.25, -0.2) is 9.18 Å². The lowest BCUT2D eigenvalue weighted by Crippen LogP contribution is -2.39. The Balaban J connectivity index is 1.91. The maximum atomic E-state index is 13.4. The molecule has 1 N–H and O–H groups in total. The Labute approximate surface area is 195 Å². The van der Waals surface area contributed by atoms with E-state index in [4.69, 9.17) is 9.84 Å². The summed E-state index contributed by atoms with van der Waals surface area (Å²) in [4.78, 5) is 30.2. The minimum atomic E-state index is -4.60. The first kappa shape index (κ1) is 24.2. The molecule has 0 saturated carbocycles. The van der Waals surface area contributed by atoms with Gasteiger partial charge in [0.1, 0.15) is 11.6 Å². The average molecular weight is 492 g/mol. The first-order valence-corrected chi connectivity index (χ1v) is 10.5. The summed E-state index contributed by atoms with van der Waals surface area (Å²) in [5.41, 5.74) is -1.83. The summed E-state index contributed by atoms with van der Waals surface area (Å²) >= 11 is 0. The van der Waals surface area contributed by atoms with Gasteiger partial charge in [0.25, 0.3) is 5.56 Å². The molecule has 2 aromatic heterocycles. The van der Waals surface area contributed by atoms with E-state index in [1.165, 1.54) is 48.0 Å². The Hall–Kier alpha value is -3.93. The number of fused-ring (bicyclic) bond motifs is 1. The molecular formula is C23H20F4N4O4. The summed E-state index contributed by atoms with van der Waals surface area (Å²) in [6.07, 6.45) is -4.45. The molecule has 0 radical (unpaired) electrons. The number of benzene rings is 2. The first-order valence-electron chi connectivity index (χ1n) is 10.5. The van der Waals surface area contributed by atoms with Gasteiger partial charge in [-0.1, -0.05) is 18.2 Å². The van der Waals surface area contributed by atoms with Crippen LogP contribution in [0.2, 0.25) is 0 Å². The van der Waals surface area contributed by atoms with E-state index < -0.39 is 28.8 Å². The Morgan fingerprint density at radius 2 is 1.77 bits per heavy atom. The summed E-state index contributed by atoms with van der Waals surface area (Å²) in [6, 6.07) is 9.31. The molecule has 184 valence electrons. The molecular weight excluding hydrogens is 472 g/mol. The number of rotatable bonds is 7. The smallest absolute Gasteiger partial charge is 0.416 e. The van der Waals surface area contributed by atoms with Crippen molar-refractivity contribution in [2.75, 3.05) is 6.61 Å². The highest BCUT2D eigenvalue weighted by atomic mass is 19.4. The van der Waals surface area contributed by atoms with Crippen LogP contribution in [-0.4, -0.2) is 30.4 Å². The molecule has 0 spiro atoms. The number of aromatic nitrogens is 4. The first-order chi connectivity index (χ1) is 16.6. The zero-order valence-corrected chi connectivity index (χ0v) is 18.4. The van der Waals surface area contributed by atoms with Gasteiger partial charge in [0, 0.05) is 20.2 Å². The molecule has 0 saturated heterocycles. The van der Waals surface area contributed by atoms with Gasteiger partial charge >= 0.3 is 17.9 Å². The van der Waals surface area contributed by atoms with Crippen LogP contribution in [0.15, 0.2) is 58.1 Å². The minimum absolute atomic E-state index is 0.0312. The fourth-order valence-corrected chi connectivity index (χ4v) is 3.62. The van der Waals surface area contributed by atoms with Crippen LogP contribution in [0.25, 0.3) is 11.2 Å². The molecule has 0 bridgehead atoms. The summed E-state index contributed by atoms with van der Waals surface area (Å²) in [6.45, 7) is -0.339. The average Bonchev–Trinajstić information content (AvgIpc) is 3.16. The zero-order chi connectivity index (χ0) is 25.3. The third-order valence-electron chi connectivity index (χ3n) is 5.36. The largest absolute Gasteiger partial charge is 0.425 e. The summed E-state index contributed by atoms with van der Waals surface area (Å²) < 4.78 is 61.9. The number of halogens is 4. The van der Waals surface area contributed by atoms with E-state index in [0.717, 1.165) is 21.3 Å². The third kappa shape index (κ3) is 4.83. The number of hydrogen-bond donors (Lipinski definition) is 1. The molecule has 0 aliphatic carbocycles. The van der Waals surface area contributed by atoms with Crippen molar-refractivity contribution < 1.29 is 27.4 Å². The number of nitrogens with zero attached hydrogens (tertiary/aromatic N) is 4. The molecule has 35 heavy (non-hydrogen) atoms. The number of ether oxygens (including phenoxy) is 1. The molecule has 2 aromatic carbocycles. The summed E-state index contributed by atoms with van der Waals surface area (Å²) in [7, 11) is 1.39. The van der Waals surface area contributed by atoms with E-state index in [2.05, 4.69) is 4.98 Å². The second-order valence-electron chi connectivity index (χ2n) is 7.78. The van der Waals surface area contributed by atoms with Crippen molar-refractivity contribution in [2.24, 2.45) is 7.05 Å². The monoisotopic (exact) mass is 492 g/mol. The molecule has 4 rings (SSSR count). The van der Waals surface area contributed by atoms with Crippen molar-refractivity contribution in [1.82, 2.24) is 18.7 Å². The maximum absolute atomic E-state index is 13.4.